The summed E-state index contributed by atoms with van der Waals surface area (Å²) in [5, 5.41) is 3.96. The molecular weight excluding hydrogens is 386 g/mol. The van der Waals surface area contributed by atoms with E-state index in [1.807, 2.05) is 39.0 Å². The number of aromatic nitrogens is 2. The normalized spacial score (nSPS) is 14.3. The Hall–Kier alpha value is -2.67. The second-order valence-electron chi connectivity index (χ2n) is 7.44. The van der Waals surface area contributed by atoms with Crippen LogP contribution in [0.3, 0.4) is 0 Å². The quantitative estimate of drug-likeness (QED) is 0.625. The van der Waals surface area contributed by atoms with Crippen molar-refractivity contribution in [2.45, 2.75) is 52.6 Å². The van der Waals surface area contributed by atoms with Crippen LogP contribution in [0.25, 0.3) is 10.2 Å². The van der Waals surface area contributed by atoms with Gasteiger partial charge in [-0.25, -0.2) is 9.97 Å². The van der Waals surface area contributed by atoms with Crippen molar-refractivity contribution >= 4 is 33.1 Å². The summed E-state index contributed by atoms with van der Waals surface area (Å²) < 4.78 is 11.6. The minimum atomic E-state index is -0.153. The van der Waals surface area contributed by atoms with Gasteiger partial charge >= 0.3 is 0 Å². The summed E-state index contributed by atoms with van der Waals surface area (Å²) in [5.74, 6) is 1.91. The van der Waals surface area contributed by atoms with Crippen molar-refractivity contribution in [3.05, 3.63) is 40.2 Å². The number of methoxy groups -OCH3 is 1. The molecule has 0 bridgehead atoms. The lowest BCUT2D eigenvalue weighted by Crippen LogP contribution is -2.14. The molecule has 1 fully saturated rings. The molecule has 6 nitrogen and oxygen atoms in total. The van der Waals surface area contributed by atoms with Crippen LogP contribution in [0.2, 0.25) is 0 Å². The van der Waals surface area contributed by atoms with E-state index < -0.39 is 0 Å². The second-order valence-corrected chi connectivity index (χ2v) is 8.44. The number of amides is 1. The first-order valence-electron chi connectivity index (χ1n) is 9.86. The summed E-state index contributed by atoms with van der Waals surface area (Å²) in [4.78, 5) is 23.4. The SMILES string of the molecule is COc1ccc(NC(=O)c2sc3nc(C)nc(C)c3c2C)cc1OC1CCCC1. The van der Waals surface area contributed by atoms with Gasteiger partial charge in [-0.05, 0) is 64.2 Å². The van der Waals surface area contributed by atoms with E-state index in [0.29, 0.717) is 27.9 Å². The molecule has 3 aromatic rings. The van der Waals surface area contributed by atoms with Crippen molar-refractivity contribution in [2.24, 2.45) is 0 Å². The Morgan fingerprint density at radius 3 is 2.62 bits per heavy atom. The van der Waals surface area contributed by atoms with Crippen molar-refractivity contribution in [3.8, 4) is 11.5 Å². The Morgan fingerprint density at radius 2 is 1.90 bits per heavy atom. The van der Waals surface area contributed by atoms with Crippen LogP contribution in [-0.4, -0.2) is 29.1 Å². The maximum Gasteiger partial charge on any atom is 0.266 e. The third kappa shape index (κ3) is 3.92. The third-order valence-electron chi connectivity index (χ3n) is 5.31. The summed E-state index contributed by atoms with van der Waals surface area (Å²) >= 11 is 1.40. The number of carbonyl (C=O) groups is 1. The highest BCUT2D eigenvalue weighted by Gasteiger charge is 2.21. The van der Waals surface area contributed by atoms with Crippen LogP contribution in [0.1, 0.15) is 52.4 Å². The Labute approximate surface area is 174 Å². The third-order valence-corrected chi connectivity index (χ3v) is 6.49. The summed E-state index contributed by atoms with van der Waals surface area (Å²) in [6.07, 6.45) is 4.71. The molecule has 4 rings (SSSR count). The van der Waals surface area contributed by atoms with E-state index in [1.165, 1.54) is 24.2 Å². The number of carbonyl (C=O) groups excluding carboxylic acids is 1. The van der Waals surface area contributed by atoms with E-state index in [0.717, 1.165) is 34.3 Å². The molecule has 2 aromatic heterocycles. The number of anilines is 1. The molecule has 0 saturated heterocycles. The predicted octanol–water partition coefficient (Wildman–Crippen LogP) is 5.20. The van der Waals surface area contributed by atoms with Crippen molar-refractivity contribution in [3.63, 3.8) is 0 Å². The molecule has 0 unspecified atom stereocenters. The number of ether oxygens (including phenoxy) is 2. The van der Waals surface area contributed by atoms with Crippen molar-refractivity contribution in [1.82, 2.24) is 9.97 Å². The van der Waals surface area contributed by atoms with Crippen LogP contribution < -0.4 is 14.8 Å². The van der Waals surface area contributed by atoms with Gasteiger partial charge in [-0.15, -0.1) is 11.3 Å². The first-order valence-corrected chi connectivity index (χ1v) is 10.7. The van der Waals surface area contributed by atoms with Gasteiger partial charge in [0, 0.05) is 22.8 Å². The van der Waals surface area contributed by atoms with Gasteiger partial charge in [0.1, 0.15) is 10.7 Å². The fourth-order valence-electron chi connectivity index (χ4n) is 3.91. The number of thiophene rings is 1. The van der Waals surface area contributed by atoms with Crippen LogP contribution in [0.15, 0.2) is 18.2 Å². The molecule has 1 aliphatic carbocycles. The van der Waals surface area contributed by atoms with E-state index in [-0.39, 0.29) is 12.0 Å². The Bertz CT molecular complexity index is 1070. The molecule has 0 atom stereocenters. The van der Waals surface area contributed by atoms with Gasteiger partial charge in [0.15, 0.2) is 11.5 Å². The number of hydrogen-bond donors (Lipinski definition) is 1. The molecule has 1 aliphatic rings. The summed E-state index contributed by atoms with van der Waals surface area (Å²) in [7, 11) is 1.63. The van der Waals surface area contributed by atoms with E-state index in [2.05, 4.69) is 15.3 Å². The predicted molar refractivity (Wildman–Crippen MR) is 115 cm³/mol. The highest BCUT2D eigenvalue weighted by atomic mass is 32.1. The fraction of sp³-hybridized carbons (Fsp3) is 0.409. The Balaban J connectivity index is 1.60. The highest BCUT2D eigenvalue weighted by Crippen LogP contribution is 2.35. The highest BCUT2D eigenvalue weighted by molar-refractivity contribution is 7.20. The molecule has 7 heteroatoms. The average molecular weight is 412 g/mol. The zero-order valence-electron chi connectivity index (χ0n) is 17.2. The van der Waals surface area contributed by atoms with Crippen LogP contribution >= 0.6 is 11.3 Å². The molecule has 2 heterocycles. The van der Waals surface area contributed by atoms with Gasteiger partial charge in [-0.1, -0.05) is 0 Å². The molecule has 152 valence electrons. The van der Waals surface area contributed by atoms with Crippen LogP contribution in [0.4, 0.5) is 5.69 Å². The molecule has 29 heavy (non-hydrogen) atoms. The lowest BCUT2D eigenvalue weighted by molar-refractivity contribution is 0.103. The topological polar surface area (TPSA) is 73.3 Å². The minimum Gasteiger partial charge on any atom is -0.493 e. The van der Waals surface area contributed by atoms with Gasteiger partial charge in [0.05, 0.1) is 18.1 Å². The number of rotatable bonds is 5. The summed E-state index contributed by atoms with van der Waals surface area (Å²) in [5.41, 5.74) is 2.49. The lowest BCUT2D eigenvalue weighted by atomic mass is 10.1. The summed E-state index contributed by atoms with van der Waals surface area (Å²) in [6.45, 7) is 5.76. The molecule has 1 amide bonds. The minimum absolute atomic E-state index is 0.153. The van der Waals surface area contributed by atoms with Crippen molar-refractivity contribution in [2.75, 3.05) is 12.4 Å². The second kappa shape index (κ2) is 7.99. The van der Waals surface area contributed by atoms with Gasteiger partial charge in [-0.2, -0.15) is 0 Å². The number of aryl methyl sites for hydroxylation is 3. The number of nitrogens with one attached hydrogen (secondary N) is 1. The Morgan fingerprint density at radius 1 is 1.14 bits per heavy atom. The van der Waals surface area contributed by atoms with Crippen LogP contribution in [0.5, 0.6) is 11.5 Å². The number of hydrogen-bond acceptors (Lipinski definition) is 6. The Kier molecular flexibility index (Phi) is 5.41. The molecular formula is C22H25N3O3S. The zero-order valence-corrected chi connectivity index (χ0v) is 18.0. The van der Waals surface area contributed by atoms with Crippen LogP contribution in [0, 0.1) is 20.8 Å². The smallest absolute Gasteiger partial charge is 0.266 e. The maximum absolute atomic E-state index is 13.0. The zero-order chi connectivity index (χ0) is 20.5. The molecule has 0 spiro atoms. The van der Waals surface area contributed by atoms with Gasteiger partial charge < -0.3 is 14.8 Å². The van der Waals surface area contributed by atoms with E-state index >= 15 is 0 Å². The van der Waals surface area contributed by atoms with E-state index in [4.69, 9.17) is 9.47 Å². The molecule has 1 aromatic carbocycles. The molecule has 0 radical (unpaired) electrons. The first-order chi connectivity index (χ1) is 14.0. The van der Waals surface area contributed by atoms with Crippen molar-refractivity contribution in [1.29, 1.82) is 0 Å². The standard InChI is InChI=1S/C22H25N3O3S/c1-12-19-13(2)23-14(3)24-22(19)29-20(12)21(26)25-15-9-10-17(27-4)18(11-15)28-16-7-5-6-8-16/h9-11,16H,5-8H2,1-4H3,(H,25,26). The molecule has 0 aliphatic heterocycles. The van der Waals surface area contributed by atoms with E-state index in [1.54, 1.807) is 7.11 Å². The number of fused-ring (bicyclic) bond motifs is 1. The largest absolute Gasteiger partial charge is 0.493 e. The fourth-order valence-corrected chi connectivity index (χ4v) is 5.08. The van der Waals surface area contributed by atoms with Gasteiger partial charge in [0.2, 0.25) is 0 Å². The summed E-state index contributed by atoms with van der Waals surface area (Å²) in [6, 6.07) is 5.50. The molecule has 1 saturated carbocycles. The average Bonchev–Trinajstić information content (AvgIpc) is 3.29. The molecule has 1 N–H and O–H groups in total. The van der Waals surface area contributed by atoms with Gasteiger partial charge in [0.25, 0.3) is 5.91 Å². The van der Waals surface area contributed by atoms with E-state index in [9.17, 15) is 4.79 Å². The number of nitrogens with zero attached hydrogens (tertiary/aromatic N) is 2. The monoisotopic (exact) mass is 411 g/mol. The number of benzene rings is 1. The lowest BCUT2D eigenvalue weighted by Gasteiger charge is -2.17. The van der Waals surface area contributed by atoms with Gasteiger partial charge in [-0.3, -0.25) is 4.79 Å². The van der Waals surface area contributed by atoms with Crippen LogP contribution in [-0.2, 0) is 0 Å². The van der Waals surface area contributed by atoms with Crippen molar-refractivity contribution < 1.29 is 14.3 Å². The first kappa shape index (κ1) is 19.6. The maximum atomic E-state index is 13.0.